The number of nitrogens with zero attached hydrogens (tertiary/aromatic N) is 1. The summed E-state index contributed by atoms with van der Waals surface area (Å²) in [5, 5.41) is 0. The van der Waals surface area contributed by atoms with Crippen molar-refractivity contribution in [1.82, 2.24) is 4.90 Å². The number of hydrogen-bond donors (Lipinski definition) is 1. The lowest BCUT2D eigenvalue weighted by molar-refractivity contribution is -0.137. The molecule has 1 aliphatic carbocycles. The molecule has 0 aromatic carbocycles. The Bertz CT molecular complexity index is 267. The zero-order valence-electron chi connectivity index (χ0n) is 11.5. The van der Waals surface area contributed by atoms with Crippen LogP contribution in [0.5, 0.6) is 0 Å². The number of halogens is 1. The van der Waals surface area contributed by atoms with Gasteiger partial charge in [0.2, 0.25) is 5.91 Å². The van der Waals surface area contributed by atoms with E-state index in [1.54, 1.807) is 0 Å². The van der Waals surface area contributed by atoms with Gasteiger partial charge in [0.05, 0.1) is 0 Å². The topological polar surface area (TPSA) is 46.3 Å². The van der Waals surface area contributed by atoms with Crippen LogP contribution < -0.4 is 5.73 Å². The quantitative estimate of drug-likeness (QED) is 0.841. The van der Waals surface area contributed by atoms with Gasteiger partial charge in [-0.25, -0.2) is 0 Å². The minimum Gasteiger partial charge on any atom is -0.342 e. The Morgan fingerprint density at radius 1 is 1.17 bits per heavy atom. The summed E-state index contributed by atoms with van der Waals surface area (Å²) in [5.74, 6) is 0.258. The fraction of sp³-hybridized carbons (Fsp3) is 0.929. The normalized spacial score (nSPS) is 24.4. The van der Waals surface area contributed by atoms with Crippen molar-refractivity contribution in [3.05, 3.63) is 0 Å². The van der Waals surface area contributed by atoms with E-state index in [1.165, 1.54) is 44.9 Å². The highest BCUT2D eigenvalue weighted by molar-refractivity contribution is 5.85. The molecule has 4 heteroatoms. The number of carbonyl (C=O) groups is 1. The Balaban J connectivity index is 0.00000162. The highest BCUT2D eigenvalue weighted by atomic mass is 35.5. The average Bonchev–Trinajstić information content (AvgIpc) is 2.39. The van der Waals surface area contributed by atoms with E-state index in [1.807, 2.05) is 11.8 Å². The molecule has 1 saturated heterocycles. The van der Waals surface area contributed by atoms with E-state index < -0.39 is 0 Å². The predicted molar refractivity (Wildman–Crippen MR) is 76.8 cm³/mol. The molecule has 1 aliphatic heterocycles. The lowest BCUT2D eigenvalue weighted by Crippen LogP contribution is -2.46. The van der Waals surface area contributed by atoms with Crippen LogP contribution in [0.25, 0.3) is 0 Å². The molecule has 1 amide bonds. The van der Waals surface area contributed by atoms with Crippen LogP contribution >= 0.6 is 12.4 Å². The molecule has 2 N–H and O–H groups in total. The number of likely N-dealkylation sites (tertiary alicyclic amines) is 1. The third kappa shape index (κ3) is 3.39. The fourth-order valence-electron chi connectivity index (χ4n) is 3.42. The molecule has 3 nitrogen and oxygen atoms in total. The fourth-order valence-corrected chi connectivity index (χ4v) is 3.42. The van der Waals surface area contributed by atoms with E-state index in [0.717, 1.165) is 13.1 Å². The molecule has 1 unspecified atom stereocenters. The van der Waals surface area contributed by atoms with E-state index in [9.17, 15) is 4.79 Å². The predicted octanol–water partition coefficient (Wildman–Crippen LogP) is 2.58. The molecular weight excluding hydrogens is 248 g/mol. The van der Waals surface area contributed by atoms with Crippen molar-refractivity contribution in [3.8, 4) is 0 Å². The Morgan fingerprint density at radius 2 is 1.72 bits per heavy atom. The van der Waals surface area contributed by atoms with Crippen LogP contribution in [0, 0.1) is 11.3 Å². The summed E-state index contributed by atoms with van der Waals surface area (Å²) in [7, 11) is 0. The Kier molecular flexibility index (Phi) is 5.93. The summed E-state index contributed by atoms with van der Waals surface area (Å²) in [5.41, 5.74) is 6.15. The summed E-state index contributed by atoms with van der Waals surface area (Å²) in [6, 6.07) is 0. The smallest absolute Gasteiger partial charge is 0.226 e. The van der Waals surface area contributed by atoms with Crippen molar-refractivity contribution < 1.29 is 4.79 Å². The molecule has 2 aliphatic rings. The van der Waals surface area contributed by atoms with Crippen molar-refractivity contribution in [2.75, 3.05) is 19.6 Å². The summed E-state index contributed by atoms with van der Waals surface area (Å²) < 4.78 is 0. The van der Waals surface area contributed by atoms with Crippen molar-refractivity contribution in [2.45, 2.75) is 51.9 Å². The molecule has 0 aromatic heterocycles. The van der Waals surface area contributed by atoms with Gasteiger partial charge >= 0.3 is 0 Å². The maximum absolute atomic E-state index is 12.0. The second-order valence-electron chi connectivity index (χ2n) is 6.02. The van der Waals surface area contributed by atoms with E-state index in [4.69, 9.17) is 5.73 Å². The van der Waals surface area contributed by atoms with Crippen molar-refractivity contribution in [2.24, 2.45) is 17.1 Å². The first-order valence-corrected chi connectivity index (χ1v) is 7.16. The van der Waals surface area contributed by atoms with Crippen LogP contribution in [0.15, 0.2) is 0 Å². The minimum atomic E-state index is -0.00425. The van der Waals surface area contributed by atoms with Gasteiger partial charge in [0.15, 0.2) is 0 Å². The van der Waals surface area contributed by atoms with Crippen LogP contribution in [-0.2, 0) is 4.79 Å². The maximum Gasteiger partial charge on any atom is 0.226 e. The van der Waals surface area contributed by atoms with Crippen LogP contribution in [0.2, 0.25) is 0 Å². The monoisotopic (exact) mass is 274 g/mol. The molecule has 0 radical (unpaired) electrons. The number of rotatable bonds is 2. The molecule has 1 spiro atoms. The van der Waals surface area contributed by atoms with Gasteiger partial charge in [-0.2, -0.15) is 0 Å². The number of amides is 1. The molecule has 1 saturated carbocycles. The molecule has 1 heterocycles. The van der Waals surface area contributed by atoms with Crippen LogP contribution in [0.4, 0.5) is 0 Å². The largest absolute Gasteiger partial charge is 0.342 e. The molecule has 18 heavy (non-hydrogen) atoms. The van der Waals surface area contributed by atoms with E-state index in [0.29, 0.717) is 12.0 Å². The number of piperidine rings is 1. The van der Waals surface area contributed by atoms with Crippen molar-refractivity contribution >= 4 is 18.3 Å². The summed E-state index contributed by atoms with van der Waals surface area (Å²) in [4.78, 5) is 14.1. The van der Waals surface area contributed by atoms with Gasteiger partial charge in [-0.1, -0.05) is 26.2 Å². The van der Waals surface area contributed by atoms with Crippen LogP contribution in [-0.4, -0.2) is 30.4 Å². The Labute approximate surface area is 117 Å². The highest BCUT2D eigenvalue weighted by Gasteiger charge is 2.37. The van der Waals surface area contributed by atoms with Gasteiger partial charge in [-0.3, -0.25) is 4.79 Å². The van der Waals surface area contributed by atoms with Crippen molar-refractivity contribution in [3.63, 3.8) is 0 Å². The summed E-state index contributed by atoms with van der Waals surface area (Å²) in [6.45, 7) is 4.33. The summed E-state index contributed by atoms with van der Waals surface area (Å²) >= 11 is 0. The van der Waals surface area contributed by atoms with Crippen LogP contribution in [0.3, 0.4) is 0 Å². The molecule has 0 bridgehead atoms. The number of carbonyl (C=O) groups excluding carboxylic acids is 1. The zero-order valence-corrected chi connectivity index (χ0v) is 12.3. The Hall–Kier alpha value is -0.280. The standard InChI is InChI=1S/C14H26N2O.ClH/c1-12(11-15)13(17)16-9-7-14(8-10-16)5-3-2-4-6-14;/h12H,2-11,15H2,1H3;1H. The van der Waals surface area contributed by atoms with E-state index in [2.05, 4.69) is 0 Å². The average molecular weight is 275 g/mol. The first kappa shape index (κ1) is 15.8. The zero-order chi connectivity index (χ0) is 12.3. The maximum atomic E-state index is 12.0. The minimum absolute atomic E-state index is 0. The first-order chi connectivity index (χ1) is 8.17. The van der Waals surface area contributed by atoms with E-state index >= 15 is 0 Å². The first-order valence-electron chi connectivity index (χ1n) is 7.16. The second-order valence-corrected chi connectivity index (χ2v) is 6.02. The molecule has 106 valence electrons. The molecule has 2 fully saturated rings. The summed E-state index contributed by atoms with van der Waals surface area (Å²) in [6.07, 6.45) is 9.42. The lowest BCUT2D eigenvalue weighted by Gasteiger charge is -2.44. The Morgan fingerprint density at radius 3 is 2.22 bits per heavy atom. The third-order valence-corrected chi connectivity index (χ3v) is 4.83. The van der Waals surface area contributed by atoms with Crippen LogP contribution in [0.1, 0.15) is 51.9 Å². The van der Waals surface area contributed by atoms with Crippen molar-refractivity contribution in [1.29, 1.82) is 0 Å². The van der Waals surface area contributed by atoms with Gasteiger partial charge in [0.25, 0.3) is 0 Å². The third-order valence-electron chi connectivity index (χ3n) is 4.83. The SMILES string of the molecule is CC(CN)C(=O)N1CCC2(CCCCC2)CC1.Cl. The van der Waals surface area contributed by atoms with E-state index in [-0.39, 0.29) is 24.2 Å². The van der Waals surface area contributed by atoms with Gasteiger partial charge in [0, 0.05) is 25.6 Å². The lowest BCUT2D eigenvalue weighted by atomic mass is 9.68. The molecule has 1 atom stereocenters. The second kappa shape index (κ2) is 6.76. The molecular formula is C14H27ClN2O. The van der Waals surface area contributed by atoms with Gasteiger partial charge in [-0.05, 0) is 31.1 Å². The molecule has 2 rings (SSSR count). The number of nitrogens with two attached hydrogens (primary N) is 1. The van der Waals surface area contributed by atoms with Gasteiger partial charge in [0.1, 0.15) is 0 Å². The highest BCUT2D eigenvalue weighted by Crippen LogP contribution is 2.44. The van der Waals surface area contributed by atoms with Gasteiger partial charge < -0.3 is 10.6 Å². The molecule has 0 aromatic rings. The number of hydrogen-bond acceptors (Lipinski definition) is 2. The van der Waals surface area contributed by atoms with Gasteiger partial charge in [-0.15, -0.1) is 12.4 Å².